The number of nitrogen functional groups attached to an aromatic ring is 1. The number of anilines is 1. The molecule has 0 saturated carbocycles. The molecule has 0 aliphatic carbocycles. The van der Waals surface area contributed by atoms with Crippen LogP contribution in [0.15, 0.2) is 12.3 Å². The molecular formula is C13H17N5O. The van der Waals surface area contributed by atoms with Crippen LogP contribution < -0.4 is 11.5 Å². The van der Waals surface area contributed by atoms with E-state index in [2.05, 4.69) is 17.0 Å². The summed E-state index contributed by atoms with van der Waals surface area (Å²) in [7, 11) is 0. The lowest BCUT2D eigenvalue weighted by atomic mass is 10.1. The minimum atomic E-state index is -0.571. The van der Waals surface area contributed by atoms with Crippen molar-refractivity contribution in [3.63, 3.8) is 0 Å². The molecule has 1 amide bonds. The van der Waals surface area contributed by atoms with Crippen LogP contribution in [-0.2, 0) is 6.42 Å². The summed E-state index contributed by atoms with van der Waals surface area (Å²) in [5.74, 6) is -0.0262. The molecule has 6 heteroatoms. The molecule has 2 rings (SSSR count). The standard InChI is InChI=1S/C13H17N5O/c1-4-9-7(2)17-18(8(9)3)12-5-10(13(15)19)11(14)6-16-12/h5-6H,4,14H2,1-3H3,(H2,15,19). The summed E-state index contributed by atoms with van der Waals surface area (Å²) in [4.78, 5) is 15.5. The monoisotopic (exact) mass is 259 g/mol. The van der Waals surface area contributed by atoms with Crippen molar-refractivity contribution >= 4 is 11.6 Å². The molecule has 6 nitrogen and oxygen atoms in total. The number of nitrogens with zero attached hydrogens (tertiary/aromatic N) is 3. The number of aromatic nitrogens is 3. The number of nitrogens with two attached hydrogens (primary N) is 2. The Morgan fingerprint density at radius 3 is 2.63 bits per heavy atom. The molecule has 0 fully saturated rings. The van der Waals surface area contributed by atoms with E-state index < -0.39 is 5.91 Å². The van der Waals surface area contributed by atoms with Gasteiger partial charge in [0.25, 0.3) is 5.91 Å². The van der Waals surface area contributed by atoms with Crippen molar-refractivity contribution in [1.29, 1.82) is 0 Å². The van der Waals surface area contributed by atoms with Crippen LogP contribution in [0.25, 0.3) is 5.82 Å². The van der Waals surface area contributed by atoms with Crippen LogP contribution in [0.1, 0.15) is 34.2 Å². The third-order valence-electron chi connectivity index (χ3n) is 3.20. The van der Waals surface area contributed by atoms with Gasteiger partial charge in [0.05, 0.1) is 23.1 Å². The maximum Gasteiger partial charge on any atom is 0.250 e. The van der Waals surface area contributed by atoms with Crippen LogP contribution in [0.5, 0.6) is 0 Å². The van der Waals surface area contributed by atoms with Crippen molar-refractivity contribution in [1.82, 2.24) is 14.8 Å². The van der Waals surface area contributed by atoms with Crippen LogP contribution in [0.4, 0.5) is 5.69 Å². The SMILES string of the molecule is CCc1c(C)nn(-c2cc(C(N)=O)c(N)cn2)c1C. The average Bonchev–Trinajstić information content (AvgIpc) is 2.64. The number of hydrogen-bond donors (Lipinski definition) is 2. The molecule has 0 aliphatic rings. The topological polar surface area (TPSA) is 99.8 Å². The Bertz CT molecular complexity index is 645. The summed E-state index contributed by atoms with van der Waals surface area (Å²) in [5.41, 5.74) is 14.6. The van der Waals surface area contributed by atoms with Gasteiger partial charge in [0.15, 0.2) is 5.82 Å². The summed E-state index contributed by atoms with van der Waals surface area (Å²) < 4.78 is 1.71. The largest absolute Gasteiger partial charge is 0.397 e. The van der Waals surface area contributed by atoms with Crippen LogP contribution in [0.3, 0.4) is 0 Å². The molecule has 0 atom stereocenters. The number of carbonyl (C=O) groups excluding carboxylic acids is 1. The quantitative estimate of drug-likeness (QED) is 0.862. The lowest BCUT2D eigenvalue weighted by Crippen LogP contribution is -2.15. The number of primary amides is 1. The average molecular weight is 259 g/mol. The second kappa shape index (κ2) is 4.72. The molecule has 0 aliphatic heterocycles. The Hall–Kier alpha value is -2.37. The second-order valence-electron chi connectivity index (χ2n) is 4.41. The Morgan fingerprint density at radius 2 is 2.11 bits per heavy atom. The van der Waals surface area contributed by atoms with Gasteiger partial charge in [0, 0.05) is 5.69 Å². The van der Waals surface area contributed by atoms with E-state index in [1.165, 1.54) is 11.8 Å². The van der Waals surface area contributed by atoms with E-state index in [0.29, 0.717) is 5.82 Å². The molecule has 100 valence electrons. The van der Waals surface area contributed by atoms with E-state index in [1.807, 2.05) is 13.8 Å². The molecule has 19 heavy (non-hydrogen) atoms. The first-order valence-electron chi connectivity index (χ1n) is 6.06. The number of hydrogen-bond acceptors (Lipinski definition) is 4. The Balaban J connectivity index is 2.60. The van der Waals surface area contributed by atoms with Crippen molar-refractivity contribution in [2.24, 2.45) is 5.73 Å². The Labute approximate surface area is 111 Å². The zero-order chi connectivity index (χ0) is 14.2. The molecule has 0 aromatic carbocycles. The molecule has 0 unspecified atom stereocenters. The highest BCUT2D eigenvalue weighted by Gasteiger charge is 2.14. The van der Waals surface area contributed by atoms with Gasteiger partial charge in [-0.15, -0.1) is 0 Å². The van der Waals surface area contributed by atoms with Gasteiger partial charge in [-0.3, -0.25) is 4.79 Å². The van der Waals surface area contributed by atoms with Crippen molar-refractivity contribution < 1.29 is 4.79 Å². The van der Waals surface area contributed by atoms with Gasteiger partial charge >= 0.3 is 0 Å². The molecule has 2 aromatic heterocycles. The van der Waals surface area contributed by atoms with E-state index in [-0.39, 0.29) is 11.3 Å². The Kier molecular flexibility index (Phi) is 3.25. The predicted molar refractivity (Wildman–Crippen MR) is 73.1 cm³/mol. The first kappa shape index (κ1) is 13.1. The lowest BCUT2D eigenvalue weighted by molar-refractivity contribution is 0.100. The van der Waals surface area contributed by atoms with Gasteiger partial charge in [0.2, 0.25) is 0 Å². The molecule has 0 saturated heterocycles. The fourth-order valence-corrected chi connectivity index (χ4v) is 2.19. The summed E-state index contributed by atoms with van der Waals surface area (Å²) in [5, 5.41) is 4.44. The second-order valence-corrected chi connectivity index (χ2v) is 4.41. The van der Waals surface area contributed by atoms with Gasteiger partial charge in [-0.05, 0) is 31.9 Å². The maximum atomic E-state index is 11.3. The highest BCUT2D eigenvalue weighted by Crippen LogP contribution is 2.19. The van der Waals surface area contributed by atoms with E-state index in [1.54, 1.807) is 10.7 Å². The van der Waals surface area contributed by atoms with Crippen molar-refractivity contribution in [2.75, 3.05) is 5.73 Å². The number of aryl methyl sites for hydroxylation is 1. The lowest BCUT2D eigenvalue weighted by Gasteiger charge is -2.07. The van der Waals surface area contributed by atoms with Gasteiger partial charge < -0.3 is 11.5 Å². The zero-order valence-corrected chi connectivity index (χ0v) is 11.3. The number of carbonyl (C=O) groups is 1. The van der Waals surface area contributed by atoms with Crippen LogP contribution in [-0.4, -0.2) is 20.7 Å². The van der Waals surface area contributed by atoms with Crippen molar-refractivity contribution in [3.05, 3.63) is 34.8 Å². The molecule has 0 radical (unpaired) electrons. The molecule has 0 spiro atoms. The highest BCUT2D eigenvalue weighted by molar-refractivity contribution is 5.98. The van der Waals surface area contributed by atoms with Crippen molar-refractivity contribution in [2.45, 2.75) is 27.2 Å². The van der Waals surface area contributed by atoms with E-state index in [9.17, 15) is 4.79 Å². The van der Waals surface area contributed by atoms with E-state index >= 15 is 0 Å². The summed E-state index contributed by atoms with van der Waals surface area (Å²) in [6, 6.07) is 1.57. The predicted octanol–water partition coefficient (Wildman–Crippen LogP) is 1.13. The van der Waals surface area contributed by atoms with Gasteiger partial charge in [0.1, 0.15) is 0 Å². The van der Waals surface area contributed by atoms with Crippen LogP contribution in [0.2, 0.25) is 0 Å². The summed E-state index contributed by atoms with van der Waals surface area (Å²) in [6.07, 6.45) is 2.33. The molecule has 2 aromatic rings. The normalized spacial score (nSPS) is 10.7. The van der Waals surface area contributed by atoms with E-state index in [0.717, 1.165) is 17.8 Å². The zero-order valence-electron chi connectivity index (χ0n) is 11.3. The third kappa shape index (κ3) is 2.16. The Morgan fingerprint density at radius 1 is 1.42 bits per heavy atom. The van der Waals surface area contributed by atoms with Crippen LogP contribution >= 0.6 is 0 Å². The molecule has 2 heterocycles. The first-order chi connectivity index (χ1) is 8.95. The summed E-state index contributed by atoms with van der Waals surface area (Å²) in [6.45, 7) is 6.00. The first-order valence-corrected chi connectivity index (χ1v) is 6.06. The molecular weight excluding hydrogens is 242 g/mol. The smallest absolute Gasteiger partial charge is 0.250 e. The van der Waals surface area contributed by atoms with Crippen LogP contribution in [0, 0.1) is 13.8 Å². The number of pyridine rings is 1. The van der Waals surface area contributed by atoms with Gasteiger partial charge in [-0.25, -0.2) is 9.67 Å². The third-order valence-corrected chi connectivity index (χ3v) is 3.20. The minimum absolute atomic E-state index is 0.260. The number of rotatable bonds is 3. The number of amides is 1. The van der Waals surface area contributed by atoms with Gasteiger partial charge in [-0.2, -0.15) is 5.10 Å². The van der Waals surface area contributed by atoms with Gasteiger partial charge in [-0.1, -0.05) is 6.92 Å². The fraction of sp³-hybridized carbons (Fsp3) is 0.308. The molecule has 4 N–H and O–H groups in total. The minimum Gasteiger partial charge on any atom is -0.397 e. The maximum absolute atomic E-state index is 11.3. The molecule has 0 bridgehead atoms. The van der Waals surface area contributed by atoms with Crippen molar-refractivity contribution in [3.8, 4) is 5.82 Å². The van der Waals surface area contributed by atoms with E-state index in [4.69, 9.17) is 11.5 Å². The summed E-state index contributed by atoms with van der Waals surface area (Å²) >= 11 is 0. The highest BCUT2D eigenvalue weighted by atomic mass is 16.1. The fourth-order valence-electron chi connectivity index (χ4n) is 2.19.